The fraction of sp³-hybridized carbons (Fsp3) is 0.600. The lowest BCUT2D eigenvalue weighted by atomic mass is 10.1. The maximum absolute atomic E-state index is 5.91. The first-order valence-electron chi connectivity index (χ1n) is 5.06. The molecule has 1 N–H and O–H groups in total. The number of halogens is 1. The van der Waals surface area contributed by atoms with Gasteiger partial charge in [-0.05, 0) is 30.8 Å². The fourth-order valence-electron chi connectivity index (χ4n) is 1.59. The smallest absolute Gasteiger partial charge is 0.137 e. The molecule has 1 aliphatic heterocycles. The van der Waals surface area contributed by atoms with E-state index in [0.29, 0.717) is 5.15 Å². The maximum atomic E-state index is 5.91. The second-order valence-corrected chi connectivity index (χ2v) is 5.26. The molecule has 15 heavy (non-hydrogen) atoms. The van der Waals surface area contributed by atoms with E-state index in [1.54, 1.807) is 0 Å². The first-order chi connectivity index (χ1) is 7.27. The molecule has 1 aliphatic rings. The Hall–Kier alpha value is -0.480. The van der Waals surface area contributed by atoms with Gasteiger partial charge in [0.15, 0.2) is 0 Å². The summed E-state index contributed by atoms with van der Waals surface area (Å²) in [6.07, 6.45) is 2.80. The van der Waals surface area contributed by atoms with E-state index in [1.807, 2.05) is 18.7 Å². The lowest BCUT2D eigenvalue weighted by Crippen LogP contribution is -2.15. The number of aromatic nitrogens is 2. The van der Waals surface area contributed by atoms with Crippen LogP contribution in [0.1, 0.15) is 12.0 Å². The Labute approximate surface area is 99.0 Å². The van der Waals surface area contributed by atoms with E-state index in [-0.39, 0.29) is 0 Å². The van der Waals surface area contributed by atoms with Crippen LogP contribution in [0.3, 0.4) is 0 Å². The van der Waals surface area contributed by atoms with Crippen LogP contribution in [0.25, 0.3) is 0 Å². The van der Waals surface area contributed by atoms with Crippen molar-refractivity contribution in [3.63, 3.8) is 0 Å². The molecule has 0 aromatic carbocycles. The second kappa shape index (κ2) is 5.03. The van der Waals surface area contributed by atoms with E-state index in [0.717, 1.165) is 23.8 Å². The molecule has 1 aromatic rings. The number of anilines is 1. The van der Waals surface area contributed by atoms with Crippen LogP contribution in [-0.4, -0.2) is 28.0 Å². The van der Waals surface area contributed by atoms with E-state index in [1.165, 1.54) is 24.3 Å². The molecule has 82 valence electrons. The zero-order chi connectivity index (χ0) is 10.7. The molecule has 0 spiro atoms. The molecular weight excluding hydrogens is 230 g/mol. The first-order valence-corrected chi connectivity index (χ1v) is 6.59. The molecule has 2 heterocycles. The Morgan fingerprint density at radius 2 is 2.47 bits per heavy atom. The highest BCUT2D eigenvalue weighted by Gasteiger charge is 2.15. The van der Waals surface area contributed by atoms with Gasteiger partial charge in [-0.1, -0.05) is 11.6 Å². The second-order valence-electron chi connectivity index (χ2n) is 3.75. The first kappa shape index (κ1) is 11.0. The number of nitrogens with zero attached hydrogens (tertiary/aromatic N) is 2. The van der Waals surface area contributed by atoms with Gasteiger partial charge in [0.1, 0.15) is 17.3 Å². The quantitative estimate of drug-likeness (QED) is 0.829. The van der Waals surface area contributed by atoms with Crippen molar-refractivity contribution in [2.45, 2.75) is 13.3 Å². The molecule has 5 heteroatoms. The predicted octanol–water partition coefficient (Wildman–Crippen LogP) is 2.60. The van der Waals surface area contributed by atoms with Crippen molar-refractivity contribution in [3.8, 4) is 0 Å². The topological polar surface area (TPSA) is 37.8 Å². The summed E-state index contributed by atoms with van der Waals surface area (Å²) in [5.74, 6) is 4.18. The van der Waals surface area contributed by atoms with Gasteiger partial charge in [-0.15, -0.1) is 0 Å². The number of nitrogens with one attached hydrogen (secondary N) is 1. The Kier molecular flexibility index (Phi) is 3.70. The molecule has 0 bridgehead atoms. The Balaban J connectivity index is 1.95. The van der Waals surface area contributed by atoms with E-state index in [2.05, 4.69) is 15.3 Å². The Morgan fingerprint density at radius 1 is 1.60 bits per heavy atom. The van der Waals surface area contributed by atoms with Crippen molar-refractivity contribution >= 4 is 29.2 Å². The highest BCUT2D eigenvalue weighted by atomic mass is 35.5. The van der Waals surface area contributed by atoms with Gasteiger partial charge >= 0.3 is 0 Å². The minimum atomic E-state index is 0.535. The third kappa shape index (κ3) is 2.75. The number of hydrogen-bond donors (Lipinski definition) is 1. The Morgan fingerprint density at radius 3 is 3.20 bits per heavy atom. The minimum absolute atomic E-state index is 0.535. The van der Waals surface area contributed by atoms with E-state index >= 15 is 0 Å². The SMILES string of the molecule is Cc1c(Cl)ncnc1NCC1CCSC1. The summed E-state index contributed by atoms with van der Waals surface area (Å²) in [6.45, 7) is 2.93. The van der Waals surface area contributed by atoms with Crippen molar-refractivity contribution in [2.24, 2.45) is 5.92 Å². The molecule has 3 nitrogen and oxygen atoms in total. The standard InChI is InChI=1S/C10H14ClN3S/c1-7-9(11)13-6-14-10(7)12-4-8-2-3-15-5-8/h6,8H,2-5H2,1H3,(H,12,13,14). The fourth-order valence-corrected chi connectivity index (χ4v) is 3.01. The lowest BCUT2D eigenvalue weighted by molar-refractivity contribution is 0.630. The molecule has 1 aromatic heterocycles. The molecule has 1 fully saturated rings. The van der Waals surface area contributed by atoms with E-state index in [4.69, 9.17) is 11.6 Å². The largest absolute Gasteiger partial charge is 0.369 e. The number of hydrogen-bond acceptors (Lipinski definition) is 4. The molecule has 1 unspecified atom stereocenters. The van der Waals surface area contributed by atoms with Crippen LogP contribution in [0.5, 0.6) is 0 Å². The zero-order valence-electron chi connectivity index (χ0n) is 8.66. The maximum Gasteiger partial charge on any atom is 0.137 e. The highest BCUT2D eigenvalue weighted by Crippen LogP contribution is 2.24. The molecule has 1 atom stereocenters. The Bertz CT molecular complexity index is 339. The summed E-state index contributed by atoms with van der Waals surface area (Å²) in [5, 5.41) is 3.88. The molecule has 1 saturated heterocycles. The van der Waals surface area contributed by atoms with Crippen molar-refractivity contribution in [1.82, 2.24) is 9.97 Å². The van der Waals surface area contributed by atoms with Gasteiger partial charge in [-0.25, -0.2) is 9.97 Å². The van der Waals surface area contributed by atoms with Crippen LogP contribution in [0.15, 0.2) is 6.33 Å². The van der Waals surface area contributed by atoms with Gasteiger partial charge in [0, 0.05) is 12.1 Å². The van der Waals surface area contributed by atoms with Gasteiger partial charge in [-0.3, -0.25) is 0 Å². The summed E-state index contributed by atoms with van der Waals surface area (Å²) in [5.41, 5.74) is 0.935. The van der Waals surface area contributed by atoms with E-state index in [9.17, 15) is 0 Å². The minimum Gasteiger partial charge on any atom is -0.369 e. The van der Waals surface area contributed by atoms with Crippen LogP contribution in [-0.2, 0) is 0 Å². The zero-order valence-corrected chi connectivity index (χ0v) is 10.2. The van der Waals surface area contributed by atoms with Crippen molar-refractivity contribution in [3.05, 3.63) is 17.0 Å². The molecule has 0 radical (unpaired) electrons. The lowest BCUT2D eigenvalue weighted by Gasteiger charge is -2.12. The summed E-state index contributed by atoms with van der Waals surface area (Å²) in [4.78, 5) is 8.12. The molecule has 0 aliphatic carbocycles. The molecular formula is C10H14ClN3S. The highest BCUT2D eigenvalue weighted by molar-refractivity contribution is 7.99. The van der Waals surface area contributed by atoms with Crippen LogP contribution in [0, 0.1) is 12.8 Å². The summed E-state index contributed by atoms with van der Waals surface area (Å²) >= 11 is 7.94. The van der Waals surface area contributed by atoms with Crippen molar-refractivity contribution in [1.29, 1.82) is 0 Å². The van der Waals surface area contributed by atoms with Gasteiger partial charge in [-0.2, -0.15) is 11.8 Å². The van der Waals surface area contributed by atoms with Gasteiger partial charge in [0.25, 0.3) is 0 Å². The summed E-state index contributed by atoms with van der Waals surface area (Å²) < 4.78 is 0. The van der Waals surface area contributed by atoms with E-state index < -0.39 is 0 Å². The number of thioether (sulfide) groups is 1. The third-order valence-corrected chi connectivity index (χ3v) is 4.22. The average molecular weight is 244 g/mol. The monoisotopic (exact) mass is 243 g/mol. The average Bonchev–Trinajstić information content (AvgIpc) is 2.73. The van der Waals surface area contributed by atoms with Crippen molar-refractivity contribution in [2.75, 3.05) is 23.4 Å². The summed E-state index contributed by atoms with van der Waals surface area (Å²) in [7, 11) is 0. The number of rotatable bonds is 3. The van der Waals surface area contributed by atoms with Crippen LogP contribution in [0.4, 0.5) is 5.82 Å². The van der Waals surface area contributed by atoms with Gasteiger partial charge in [0.05, 0.1) is 0 Å². The van der Waals surface area contributed by atoms with Crippen LogP contribution >= 0.6 is 23.4 Å². The van der Waals surface area contributed by atoms with Gasteiger partial charge < -0.3 is 5.32 Å². The summed E-state index contributed by atoms with van der Waals surface area (Å²) in [6, 6.07) is 0. The normalized spacial score (nSPS) is 20.5. The molecule has 2 rings (SSSR count). The molecule has 0 amide bonds. The third-order valence-electron chi connectivity index (χ3n) is 2.60. The van der Waals surface area contributed by atoms with Crippen LogP contribution < -0.4 is 5.32 Å². The molecule has 0 saturated carbocycles. The van der Waals surface area contributed by atoms with Gasteiger partial charge in [0.2, 0.25) is 0 Å². The van der Waals surface area contributed by atoms with Crippen LogP contribution in [0.2, 0.25) is 5.15 Å². The van der Waals surface area contributed by atoms with Crippen molar-refractivity contribution < 1.29 is 0 Å². The predicted molar refractivity (Wildman–Crippen MR) is 65.7 cm³/mol.